The second-order valence-corrected chi connectivity index (χ2v) is 7.25. The molecule has 1 aliphatic rings. The van der Waals surface area contributed by atoms with E-state index in [1.807, 2.05) is 0 Å². The lowest BCUT2D eigenvalue weighted by Crippen LogP contribution is -2.49. The molecule has 0 aliphatic carbocycles. The molecule has 0 aromatic carbocycles. The van der Waals surface area contributed by atoms with Crippen LogP contribution in [0.4, 0.5) is 0 Å². The average Bonchev–Trinajstić information content (AvgIpc) is 2.45. The van der Waals surface area contributed by atoms with Gasteiger partial charge in [0.05, 0.1) is 19.3 Å². The van der Waals surface area contributed by atoms with E-state index in [1.54, 1.807) is 0 Å². The minimum atomic E-state index is -3.16. The van der Waals surface area contributed by atoms with Crippen LogP contribution in [0.3, 0.4) is 0 Å². The van der Waals surface area contributed by atoms with Crippen molar-refractivity contribution in [2.75, 3.05) is 51.5 Å². The van der Waals surface area contributed by atoms with Crippen LogP contribution in [-0.4, -0.2) is 75.1 Å². The first-order valence-corrected chi connectivity index (χ1v) is 8.97. The van der Waals surface area contributed by atoms with Gasteiger partial charge in [0, 0.05) is 38.6 Å². The highest BCUT2D eigenvalue weighted by molar-refractivity contribution is 7.89. The number of ether oxygens (including phenoxy) is 1. The van der Waals surface area contributed by atoms with E-state index in [4.69, 9.17) is 11.6 Å². The maximum Gasteiger partial charge on any atom is 0.306 e. The molecule has 0 saturated carbocycles. The predicted molar refractivity (Wildman–Crippen MR) is 78.4 cm³/mol. The van der Waals surface area contributed by atoms with Gasteiger partial charge < -0.3 is 9.64 Å². The molecule has 0 spiro atoms. The molecule has 0 atom stereocenters. The molecule has 0 aromatic rings. The molecule has 0 radical (unpaired) electrons. The quantitative estimate of drug-likeness (QED) is 0.369. The average molecular weight is 327 g/mol. The maximum atomic E-state index is 12.1. The molecule has 1 rings (SSSR count). The van der Waals surface area contributed by atoms with Crippen molar-refractivity contribution >= 4 is 27.6 Å². The van der Waals surface area contributed by atoms with Crippen LogP contribution in [0.1, 0.15) is 19.3 Å². The number of sulfonamides is 1. The summed E-state index contributed by atoms with van der Waals surface area (Å²) in [6.07, 6.45) is 1.67. The summed E-state index contributed by atoms with van der Waals surface area (Å²) in [4.78, 5) is 13.1. The first-order chi connectivity index (χ1) is 9.49. The van der Waals surface area contributed by atoms with Crippen molar-refractivity contribution < 1.29 is 17.9 Å². The first kappa shape index (κ1) is 17.7. The van der Waals surface area contributed by atoms with Crippen molar-refractivity contribution in [2.24, 2.45) is 0 Å². The number of unbranched alkanes of at least 4 members (excludes halogenated alkanes) is 1. The zero-order valence-electron chi connectivity index (χ0n) is 11.9. The molecule has 1 saturated heterocycles. The molecule has 8 heteroatoms. The Morgan fingerprint density at radius 3 is 2.40 bits per heavy atom. The molecule has 1 fully saturated rings. The monoisotopic (exact) mass is 326 g/mol. The molecule has 0 unspecified atom stereocenters. The Balaban J connectivity index is 2.32. The molecule has 0 amide bonds. The van der Waals surface area contributed by atoms with E-state index in [0.29, 0.717) is 51.4 Å². The summed E-state index contributed by atoms with van der Waals surface area (Å²) in [5.74, 6) is 0.430. The van der Waals surface area contributed by atoms with Gasteiger partial charge in [-0.15, -0.1) is 11.6 Å². The fraction of sp³-hybridized carbons (Fsp3) is 0.917. The maximum absolute atomic E-state index is 12.1. The summed E-state index contributed by atoms with van der Waals surface area (Å²) in [7, 11) is -1.79. The third kappa shape index (κ3) is 5.95. The third-order valence-electron chi connectivity index (χ3n) is 3.37. The van der Waals surface area contributed by atoms with Crippen LogP contribution in [0.15, 0.2) is 0 Å². The molecule has 1 aliphatic heterocycles. The SMILES string of the molecule is COC(=O)CCN1CCN(S(=O)(=O)CCCCCl)CC1. The summed E-state index contributed by atoms with van der Waals surface area (Å²) in [6.45, 7) is 2.92. The Hall–Kier alpha value is -0.370. The summed E-state index contributed by atoms with van der Waals surface area (Å²) < 4.78 is 30.3. The molecule has 6 nitrogen and oxygen atoms in total. The van der Waals surface area contributed by atoms with Crippen LogP contribution in [-0.2, 0) is 19.6 Å². The fourth-order valence-electron chi connectivity index (χ4n) is 2.09. The van der Waals surface area contributed by atoms with Crippen LogP contribution in [0, 0.1) is 0 Å². The van der Waals surface area contributed by atoms with Crippen LogP contribution in [0.5, 0.6) is 0 Å². The Labute approximate surface area is 126 Å². The fourth-order valence-corrected chi connectivity index (χ4v) is 3.83. The number of carbonyl (C=O) groups is 1. The van der Waals surface area contributed by atoms with Crippen LogP contribution >= 0.6 is 11.6 Å². The number of alkyl halides is 1. The van der Waals surface area contributed by atoms with Gasteiger partial charge in [0.2, 0.25) is 10.0 Å². The summed E-state index contributed by atoms with van der Waals surface area (Å²) in [5, 5.41) is 0. The van der Waals surface area contributed by atoms with E-state index in [0.717, 1.165) is 6.42 Å². The molecule has 0 N–H and O–H groups in total. The lowest BCUT2D eigenvalue weighted by atomic mass is 10.3. The zero-order chi connectivity index (χ0) is 15.0. The Kier molecular flexibility index (Phi) is 7.79. The minimum Gasteiger partial charge on any atom is -0.469 e. The molecule has 118 valence electrons. The number of rotatable bonds is 8. The summed E-state index contributed by atoms with van der Waals surface area (Å²) >= 11 is 5.55. The van der Waals surface area contributed by atoms with Gasteiger partial charge >= 0.3 is 5.97 Å². The van der Waals surface area contributed by atoms with Gasteiger partial charge in [-0.3, -0.25) is 4.79 Å². The van der Waals surface area contributed by atoms with E-state index in [9.17, 15) is 13.2 Å². The van der Waals surface area contributed by atoms with Gasteiger partial charge in [0.1, 0.15) is 0 Å². The number of nitrogens with zero attached hydrogens (tertiary/aromatic N) is 2. The van der Waals surface area contributed by atoms with E-state index in [-0.39, 0.29) is 11.7 Å². The Morgan fingerprint density at radius 2 is 1.85 bits per heavy atom. The van der Waals surface area contributed by atoms with Gasteiger partial charge in [-0.25, -0.2) is 8.42 Å². The lowest BCUT2D eigenvalue weighted by Gasteiger charge is -2.33. The molecule has 0 aromatic heterocycles. The van der Waals surface area contributed by atoms with Gasteiger partial charge in [-0.05, 0) is 12.8 Å². The smallest absolute Gasteiger partial charge is 0.306 e. The number of hydrogen-bond donors (Lipinski definition) is 0. The number of carbonyl (C=O) groups excluding carboxylic acids is 1. The van der Waals surface area contributed by atoms with Crippen molar-refractivity contribution in [3.63, 3.8) is 0 Å². The van der Waals surface area contributed by atoms with Gasteiger partial charge in [0.15, 0.2) is 0 Å². The third-order valence-corrected chi connectivity index (χ3v) is 5.59. The number of esters is 1. The Morgan fingerprint density at radius 1 is 1.20 bits per heavy atom. The van der Waals surface area contributed by atoms with Crippen LogP contribution < -0.4 is 0 Å². The number of methoxy groups -OCH3 is 1. The standard InChI is InChI=1S/C12H23ClN2O4S/c1-19-12(16)4-6-14-7-9-15(10-8-14)20(17,18)11-3-2-5-13/h2-11H2,1H3. The van der Waals surface area contributed by atoms with E-state index in [1.165, 1.54) is 11.4 Å². The van der Waals surface area contributed by atoms with Gasteiger partial charge in [-0.1, -0.05) is 0 Å². The van der Waals surface area contributed by atoms with E-state index in [2.05, 4.69) is 9.64 Å². The molecule has 0 bridgehead atoms. The normalized spacial score (nSPS) is 18.1. The second kappa shape index (κ2) is 8.81. The van der Waals surface area contributed by atoms with E-state index < -0.39 is 10.0 Å². The number of halogens is 1. The second-order valence-electron chi connectivity index (χ2n) is 4.78. The molecular formula is C12H23ClN2O4S. The zero-order valence-corrected chi connectivity index (χ0v) is 13.5. The van der Waals surface area contributed by atoms with Crippen molar-refractivity contribution in [2.45, 2.75) is 19.3 Å². The van der Waals surface area contributed by atoms with Crippen LogP contribution in [0.25, 0.3) is 0 Å². The van der Waals surface area contributed by atoms with Crippen molar-refractivity contribution in [1.29, 1.82) is 0 Å². The van der Waals surface area contributed by atoms with Crippen LogP contribution in [0.2, 0.25) is 0 Å². The molecular weight excluding hydrogens is 304 g/mol. The first-order valence-electron chi connectivity index (χ1n) is 6.82. The largest absolute Gasteiger partial charge is 0.469 e. The predicted octanol–water partition coefficient (Wildman–Crippen LogP) is 0.516. The molecule has 20 heavy (non-hydrogen) atoms. The van der Waals surface area contributed by atoms with Gasteiger partial charge in [0.25, 0.3) is 0 Å². The molecule has 1 heterocycles. The highest BCUT2D eigenvalue weighted by Gasteiger charge is 2.26. The topological polar surface area (TPSA) is 66.9 Å². The number of piperazine rings is 1. The Bertz CT molecular complexity index is 394. The summed E-state index contributed by atoms with van der Waals surface area (Å²) in [6, 6.07) is 0. The van der Waals surface area contributed by atoms with Gasteiger partial charge in [-0.2, -0.15) is 4.31 Å². The highest BCUT2D eigenvalue weighted by atomic mass is 35.5. The van der Waals surface area contributed by atoms with Crippen molar-refractivity contribution in [3.8, 4) is 0 Å². The van der Waals surface area contributed by atoms with Crippen molar-refractivity contribution in [3.05, 3.63) is 0 Å². The lowest BCUT2D eigenvalue weighted by molar-refractivity contribution is -0.141. The minimum absolute atomic E-state index is 0.169. The highest BCUT2D eigenvalue weighted by Crippen LogP contribution is 2.10. The summed E-state index contributed by atoms with van der Waals surface area (Å²) in [5.41, 5.74) is 0. The van der Waals surface area contributed by atoms with Crippen molar-refractivity contribution in [1.82, 2.24) is 9.21 Å². The number of hydrogen-bond acceptors (Lipinski definition) is 5. The van der Waals surface area contributed by atoms with E-state index >= 15 is 0 Å².